The third kappa shape index (κ3) is 5.28. The van der Waals surface area contributed by atoms with E-state index in [1.54, 1.807) is 19.0 Å². The van der Waals surface area contributed by atoms with Crippen molar-refractivity contribution in [3.63, 3.8) is 0 Å². The molecule has 0 aromatic heterocycles. The standard InChI is InChI=1S/C15H31N3O3Si/c1-17(2)14(19)11-6-7-13(12(16)10-11)18(15(20)21)8-9-22(3,4)5/h11-13H,6-10,16H2,1-5H3,(H,20,21)/t11-,12+,13-/m0/s1. The molecule has 1 fully saturated rings. The first-order chi connectivity index (χ1) is 10.0. The van der Waals surface area contributed by atoms with Gasteiger partial charge in [0, 0.05) is 40.7 Å². The lowest BCUT2D eigenvalue weighted by Gasteiger charge is -2.40. The SMILES string of the molecule is CN(C)C(=O)[C@H]1CC[C@H](N(CC[Si](C)(C)C)C(=O)O)[C@H](N)C1. The summed E-state index contributed by atoms with van der Waals surface area (Å²) in [5.74, 6) is 0.0201. The van der Waals surface area contributed by atoms with Gasteiger partial charge in [0.1, 0.15) is 0 Å². The van der Waals surface area contributed by atoms with Gasteiger partial charge in [-0.2, -0.15) is 0 Å². The summed E-state index contributed by atoms with van der Waals surface area (Å²) in [6.45, 7) is 7.26. The van der Waals surface area contributed by atoms with E-state index >= 15 is 0 Å². The van der Waals surface area contributed by atoms with E-state index in [1.165, 1.54) is 4.90 Å². The highest BCUT2D eigenvalue weighted by molar-refractivity contribution is 6.76. The van der Waals surface area contributed by atoms with Crippen LogP contribution in [0.2, 0.25) is 25.7 Å². The van der Waals surface area contributed by atoms with Crippen molar-refractivity contribution in [3.8, 4) is 0 Å². The second-order valence-corrected chi connectivity index (χ2v) is 13.4. The Morgan fingerprint density at radius 1 is 1.23 bits per heavy atom. The molecule has 3 N–H and O–H groups in total. The summed E-state index contributed by atoms with van der Waals surface area (Å²) in [7, 11) is 2.19. The van der Waals surface area contributed by atoms with Crippen molar-refractivity contribution >= 4 is 20.1 Å². The molecule has 0 aliphatic heterocycles. The van der Waals surface area contributed by atoms with Crippen molar-refractivity contribution in [1.29, 1.82) is 0 Å². The second-order valence-electron chi connectivity index (χ2n) is 7.76. The number of nitrogens with two attached hydrogens (primary N) is 1. The van der Waals surface area contributed by atoms with E-state index in [-0.39, 0.29) is 23.9 Å². The van der Waals surface area contributed by atoms with E-state index in [4.69, 9.17) is 5.73 Å². The molecule has 22 heavy (non-hydrogen) atoms. The Morgan fingerprint density at radius 3 is 2.23 bits per heavy atom. The molecule has 2 amide bonds. The van der Waals surface area contributed by atoms with Gasteiger partial charge in [0.05, 0.1) is 6.04 Å². The fourth-order valence-corrected chi connectivity index (χ4v) is 3.94. The maximum absolute atomic E-state index is 12.1. The van der Waals surface area contributed by atoms with Gasteiger partial charge in [-0.1, -0.05) is 19.6 Å². The molecule has 0 aromatic carbocycles. The Morgan fingerprint density at radius 2 is 1.82 bits per heavy atom. The average molecular weight is 330 g/mol. The number of carboxylic acid groups (broad SMARTS) is 1. The van der Waals surface area contributed by atoms with E-state index in [0.29, 0.717) is 25.8 Å². The smallest absolute Gasteiger partial charge is 0.407 e. The molecule has 128 valence electrons. The predicted octanol–water partition coefficient (Wildman–Crippen LogP) is 1.89. The van der Waals surface area contributed by atoms with Crippen LogP contribution in [-0.4, -0.2) is 67.7 Å². The first-order valence-corrected chi connectivity index (χ1v) is 11.7. The van der Waals surface area contributed by atoms with Gasteiger partial charge in [0.25, 0.3) is 0 Å². The molecule has 0 unspecified atom stereocenters. The van der Waals surface area contributed by atoms with Gasteiger partial charge in [0.2, 0.25) is 5.91 Å². The van der Waals surface area contributed by atoms with E-state index in [1.807, 2.05) is 0 Å². The van der Waals surface area contributed by atoms with Crippen molar-refractivity contribution in [2.45, 2.75) is 57.0 Å². The average Bonchev–Trinajstić information content (AvgIpc) is 2.37. The summed E-state index contributed by atoms with van der Waals surface area (Å²) >= 11 is 0. The summed E-state index contributed by atoms with van der Waals surface area (Å²) in [6.07, 6.45) is 1.06. The normalized spacial score (nSPS) is 25.6. The van der Waals surface area contributed by atoms with Crippen molar-refractivity contribution in [1.82, 2.24) is 9.80 Å². The Balaban J connectivity index is 2.70. The summed E-state index contributed by atoms with van der Waals surface area (Å²) in [4.78, 5) is 26.8. The fraction of sp³-hybridized carbons (Fsp3) is 0.867. The lowest BCUT2D eigenvalue weighted by Crippen LogP contribution is -2.55. The highest BCUT2D eigenvalue weighted by Crippen LogP contribution is 2.29. The molecular formula is C15H31N3O3Si. The monoisotopic (exact) mass is 329 g/mol. The minimum atomic E-state index is -1.30. The number of amides is 2. The zero-order chi connectivity index (χ0) is 17.1. The number of nitrogens with zero attached hydrogens (tertiary/aromatic N) is 2. The van der Waals surface area contributed by atoms with Crippen LogP contribution >= 0.6 is 0 Å². The summed E-state index contributed by atoms with van der Waals surface area (Å²) in [5.41, 5.74) is 6.22. The molecule has 0 bridgehead atoms. The van der Waals surface area contributed by atoms with E-state index in [0.717, 1.165) is 6.04 Å². The van der Waals surface area contributed by atoms with Crippen LogP contribution in [0.4, 0.5) is 4.79 Å². The molecule has 0 radical (unpaired) electrons. The number of rotatable bonds is 5. The number of hydrogen-bond donors (Lipinski definition) is 2. The minimum absolute atomic E-state index is 0.0751. The van der Waals surface area contributed by atoms with Crippen LogP contribution in [0.3, 0.4) is 0 Å². The van der Waals surface area contributed by atoms with Gasteiger partial charge >= 0.3 is 6.09 Å². The Hall–Kier alpha value is -1.08. The number of hydrogen-bond acceptors (Lipinski definition) is 3. The molecule has 3 atom stereocenters. The molecule has 6 nitrogen and oxygen atoms in total. The summed E-state index contributed by atoms with van der Waals surface area (Å²) in [6, 6.07) is 0.503. The molecule has 1 aliphatic rings. The third-order valence-electron chi connectivity index (χ3n) is 4.40. The van der Waals surface area contributed by atoms with Crippen molar-refractivity contribution in [2.24, 2.45) is 11.7 Å². The van der Waals surface area contributed by atoms with Crippen LogP contribution < -0.4 is 5.73 Å². The fourth-order valence-electron chi connectivity index (χ4n) is 3.03. The second kappa shape index (κ2) is 7.46. The van der Waals surface area contributed by atoms with Gasteiger partial charge in [0.15, 0.2) is 0 Å². The minimum Gasteiger partial charge on any atom is -0.465 e. The maximum atomic E-state index is 12.1. The van der Waals surface area contributed by atoms with Crippen LogP contribution in [0.5, 0.6) is 0 Å². The lowest BCUT2D eigenvalue weighted by molar-refractivity contribution is -0.134. The van der Waals surface area contributed by atoms with E-state index in [9.17, 15) is 14.7 Å². The summed E-state index contributed by atoms with van der Waals surface area (Å²) < 4.78 is 0. The van der Waals surface area contributed by atoms with E-state index < -0.39 is 14.2 Å². The van der Waals surface area contributed by atoms with E-state index in [2.05, 4.69) is 19.6 Å². The topological polar surface area (TPSA) is 86.9 Å². The zero-order valence-electron chi connectivity index (χ0n) is 14.5. The highest BCUT2D eigenvalue weighted by Gasteiger charge is 2.37. The number of carbonyl (C=O) groups excluding carboxylic acids is 1. The van der Waals surface area contributed by atoms with Gasteiger partial charge in [-0.05, 0) is 25.3 Å². The Bertz CT molecular complexity index is 409. The maximum Gasteiger partial charge on any atom is 0.407 e. The lowest BCUT2D eigenvalue weighted by atomic mass is 9.81. The molecule has 0 spiro atoms. The highest BCUT2D eigenvalue weighted by atomic mass is 28.3. The quantitative estimate of drug-likeness (QED) is 0.754. The molecule has 0 heterocycles. The molecule has 1 rings (SSSR count). The first-order valence-electron chi connectivity index (χ1n) is 7.99. The molecular weight excluding hydrogens is 298 g/mol. The molecule has 1 saturated carbocycles. The van der Waals surface area contributed by atoms with Crippen LogP contribution in [0.25, 0.3) is 0 Å². The number of carbonyl (C=O) groups is 2. The van der Waals surface area contributed by atoms with Crippen LogP contribution in [0.15, 0.2) is 0 Å². The summed E-state index contributed by atoms with van der Waals surface area (Å²) in [5, 5.41) is 9.51. The predicted molar refractivity (Wildman–Crippen MR) is 90.7 cm³/mol. The molecule has 1 aliphatic carbocycles. The molecule has 0 saturated heterocycles. The van der Waals surface area contributed by atoms with Crippen molar-refractivity contribution in [2.75, 3.05) is 20.6 Å². The molecule has 7 heteroatoms. The van der Waals surface area contributed by atoms with Crippen molar-refractivity contribution in [3.05, 3.63) is 0 Å². The Kier molecular flexibility index (Phi) is 6.43. The molecule has 0 aromatic rings. The van der Waals surface area contributed by atoms with Crippen LogP contribution in [0.1, 0.15) is 19.3 Å². The van der Waals surface area contributed by atoms with Gasteiger partial charge in [-0.3, -0.25) is 4.79 Å². The third-order valence-corrected chi connectivity index (χ3v) is 6.12. The van der Waals surface area contributed by atoms with Crippen molar-refractivity contribution < 1.29 is 14.7 Å². The Labute approximate surface area is 134 Å². The van der Waals surface area contributed by atoms with Gasteiger partial charge in [-0.15, -0.1) is 0 Å². The van der Waals surface area contributed by atoms with Gasteiger partial charge in [-0.25, -0.2) is 4.79 Å². The largest absolute Gasteiger partial charge is 0.465 e. The van der Waals surface area contributed by atoms with Gasteiger partial charge < -0.3 is 20.6 Å². The van der Waals surface area contributed by atoms with Crippen LogP contribution in [0, 0.1) is 5.92 Å². The van der Waals surface area contributed by atoms with Crippen LogP contribution in [-0.2, 0) is 4.79 Å². The first kappa shape index (κ1) is 19.0. The zero-order valence-corrected chi connectivity index (χ0v) is 15.5.